The van der Waals surface area contributed by atoms with Crippen LogP contribution in [0, 0.1) is 3.57 Å². The lowest BCUT2D eigenvalue weighted by atomic mass is 10.0. The molecule has 0 spiro atoms. The highest BCUT2D eigenvalue weighted by Gasteiger charge is 1.95. The molecule has 28 heavy (non-hydrogen) atoms. The molecule has 0 saturated carbocycles. The highest BCUT2D eigenvalue weighted by molar-refractivity contribution is 14.1. The molecule has 0 N–H and O–H groups in total. The lowest BCUT2D eigenvalue weighted by Crippen LogP contribution is -1.77. The number of fused-ring (bicyclic) bond motifs is 2. The van der Waals surface area contributed by atoms with Crippen LogP contribution in [0.15, 0.2) is 91.0 Å². The highest BCUT2D eigenvalue weighted by atomic mass is 127. The summed E-state index contributed by atoms with van der Waals surface area (Å²) < 4.78 is 1.32. The normalized spacial score (nSPS) is 10.9. The van der Waals surface area contributed by atoms with Gasteiger partial charge in [-0.2, -0.15) is 0 Å². The van der Waals surface area contributed by atoms with Crippen molar-refractivity contribution in [2.45, 2.75) is 32.6 Å². The zero-order valence-electron chi connectivity index (χ0n) is 16.4. The SMILES string of the molecule is CCCCC/C=C\c1cccc2ccccc12.Ic1cccc2ccccc12. The molecule has 0 aliphatic heterocycles. The fraction of sp³-hybridized carbons (Fsp3) is 0.185. The third kappa shape index (κ3) is 5.68. The maximum atomic E-state index is 2.36. The van der Waals surface area contributed by atoms with Crippen molar-refractivity contribution in [2.75, 3.05) is 0 Å². The topological polar surface area (TPSA) is 0 Å². The van der Waals surface area contributed by atoms with Crippen molar-refractivity contribution in [2.24, 2.45) is 0 Å². The summed E-state index contributed by atoms with van der Waals surface area (Å²) in [5, 5.41) is 5.33. The fourth-order valence-corrected chi connectivity index (χ4v) is 4.00. The molecule has 142 valence electrons. The van der Waals surface area contributed by atoms with Crippen LogP contribution in [0.4, 0.5) is 0 Å². The zero-order valence-corrected chi connectivity index (χ0v) is 18.6. The summed E-state index contributed by atoms with van der Waals surface area (Å²) in [5.41, 5.74) is 1.33. The monoisotopic (exact) mass is 478 g/mol. The molecule has 0 nitrogen and oxygen atoms in total. The van der Waals surface area contributed by atoms with Gasteiger partial charge in [-0.1, -0.05) is 111 Å². The van der Waals surface area contributed by atoms with Gasteiger partial charge in [0.25, 0.3) is 0 Å². The number of hydrogen-bond acceptors (Lipinski definition) is 0. The van der Waals surface area contributed by atoms with Crippen molar-refractivity contribution in [3.63, 3.8) is 0 Å². The van der Waals surface area contributed by atoms with E-state index < -0.39 is 0 Å². The van der Waals surface area contributed by atoms with Gasteiger partial charge in [-0.25, -0.2) is 0 Å². The lowest BCUT2D eigenvalue weighted by molar-refractivity contribution is 0.730. The standard InChI is InChI=1S/C17H20.C10H7I/c1-2-3-4-5-6-10-15-12-9-13-16-11-7-8-14-17(15)16;11-10-7-3-5-8-4-1-2-6-9(8)10/h6-14H,2-5H2,1H3;1-7H/b10-6-;. The summed E-state index contributed by atoms with van der Waals surface area (Å²) in [6.45, 7) is 2.24. The Morgan fingerprint density at radius 2 is 1.29 bits per heavy atom. The van der Waals surface area contributed by atoms with Gasteiger partial charge in [0.1, 0.15) is 0 Å². The van der Waals surface area contributed by atoms with Gasteiger partial charge in [-0.3, -0.25) is 0 Å². The Balaban J connectivity index is 0.000000176. The van der Waals surface area contributed by atoms with Gasteiger partial charge in [0, 0.05) is 3.57 Å². The molecule has 0 atom stereocenters. The average Bonchev–Trinajstić information content (AvgIpc) is 2.75. The second-order valence-corrected chi connectivity index (χ2v) is 8.09. The second-order valence-electron chi connectivity index (χ2n) is 6.93. The first-order valence-corrected chi connectivity index (χ1v) is 11.1. The molecule has 0 fully saturated rings. The summed E-state index contributed by atoms with van der Waals surface area (Å²) in [6, 6.07) is 29.8. The van der Waals surface area contributed by atoms with Crippen LogP contribution in [0.3, 0.4) is 0 Å². The van der Waals surface area contributed by atoms with Crippen LogP contribution >= 0.6 is 22.6 Å². The van der Waals surface area contributed by atoms with E-state index in [1.807, 2.05) is 0 Å². The molecule has 4 aromatic carbocycles. The molecule has 0 saturated heterocycles. The largest absolute Gasteiger partial charge is 0.0839 e. The first-order valence-electron chi connectivity index (χ1n) is 10.1. The van der Waals surface area contributed by atoms with E-state index in [-0.39, 0.29) is 0 Å². The van der Waals surface area contributed by atoms with E-state index in [1.54, 1.807) is 0 Å². The molecule has 4 aromatic rings. The van der Waals surface area contributed by atoms with Crippen molar-refractivity contribution in [1.29, 1.82) is 0 Å². The first kappa shape index (κ1) is 20.6. The Morgan fingerprint density at radius 3 is 2.00 bits per heavy atom. The van der Waals surface area contributed by atoms with Gasteiger partial charge < -0.3 is 0 Å². The Bertz CT molecular complexity index is 1040. The van der Waals surface area contributed by atoms with Crippen LogP contribution in [0.1, 0.15) is 38.2 Å². The molecule has 0 aliphatic rings. The van der Waals surface area contributed by atoms with Crippen LogP contribution in [-0.2, 0) is 0 Å². The van der Waals surface area contributed by atoms with E-state index in [0.29, 0.717) is 0 Å². The van der Waals surface area contributed by atoms with Crippen molar-refractivity contribution in [3.05, 3.63) is 100 Å². The van der Waals surface area contributed by atoms with E-state index in [4.69, 9.17) is 0 Å². The van der Waals surface area contributed by atoms with Gasteiger partial charge in [-0.05, 0) is 68.6 Å². The maximum absolute atomic E-state index is 2.36. The third-order valence-electron chi connectivity index (χ3n) is 4.83. The zero-order chi connectivity index (χ0) is 19.6. The summed E-state index contributed by atoms with van der Waals surface area (Å²) in [7, 11) is 0. The number of halogens is 1. The minimum absolute atomic E-state index is 1.19. The predicted molar refractivity (Wildman–Crippen MR) is 134 cm³/mol. The van der Waals surface area contributed by atoms with Gasteiger partial charge in [0.05, 0.1) is 0 Å². The summed E-state index contributed by atoms with van der Waals surface area (Å²) in [4.78, 5) is 0. The van der Waals surface area contributed by atoms with E-state index in [0.717, 1.165) is 0 Å². The summed E-state index contributed by atoms with van der Waals surface area (Å²) >= 11 is 2.36. The van der Waals surface area contributed by atoms with E-state index in [2.05, 4.69) is 127 Å². The molecular formula is C27H27I. The van der Waals surface area contributed by atoms with Crippen LogP contribution in [-0.4, -0.2) is 0 Å². The molecule has 1 heteroatoms. The van der Waals surface area contributed by atoms with Crippen molar-refractivity contribution in [3.8, 4) is 0 Å². The highest BCUT2D eigenvalue weighted by Crippen LogP contribution is 2.20. The molecule has 0 aromatic heterocycles. The second kappa shape index (κ2) is 11.0. The minimum atomic E-state index is 1.19. The number of allylic oxidation sites excluding steroid dienone is 1. The van der Waals surface area contributed by atoms with Gasteiger partial charge in [-0.15, -0.1) is 0 Å². The molecule has 0 heterocycles. The Kier molecular flexibility index (Phi) is 8.10. The van der Waals surface area contributed by atoms with Crippen LogP contribution in [0.2, 0.25) is 0 Å². The Hall–Kier alpha value is -2.13. The molecule has 0 amide bonds. The Labute approximate surface area is 182 Å². The van der Waals surface area contributed by atoms with Crippen LogP contribution < -0.4 is 0 Å². The van der Waals surface area contributed by atoms with Crippen LogP contribution in [0.25, 0.3) is 27.6 Å². The van der Waals surface area contributed by atoms with Gasteiger partial charge in [0.2, 0.25) is 0 Å². The number of hydrogen-bond donors (Lipinski definition) is 0. The number of rotatable bonds is 5. The third-order valence-corrected chi connectivity index (χ3v) is 5.77. The average molecular weight is 478 g/mol. The smallest absolute Gasteiger partial charge is 0.0208 e. The maximum Gasteiger partial charge on any atom is 0.0208 e. The molecule has 0 bridgehead atoms. The van der Waals surface area contributed by atoms with E-state index in [1.165, 1.54) is 56.4 Å². The van der Waals surface area contributed by atoms with Crippen LogP contribution in [0.5, 0.6) is 0 Å². The quantitative estimate of drug-likeness (QED) is 0.199. The number of unbranched alkanes of at least 4 members (excludes halogenated alkanes) is 3. The van der Waals surface area contributed by atoms with Gasteiger partial charge >= 0.3 is 0 Å². The molecule has 0 radical (unpaired) electrons. The van der Waals surface area contributed by atoms with Crippen molar-refractivity contribution in [1.82, 2.24) is 0 Å². The van der Waals surface area contributed by atoms with Gasteiger partial charge in [0.15, 0.2) is 0 Å². The van der Waals surface area contributed by atoms with E-state index >= 15 is 0 Å². The molecule has 0 aliphatic carbocycles. The van der Waals surface area contributed by atoms with Crippen molar-refractivity contribution >= 4 is 50.2 Å². The molecule has 0 unspecified atom stereocenters. The van der Waals surface area contributed by atoms with Crippen molar-refractivity contribution < 1.29 is 0 Å². The van der Waals surface area contributed by atoms with E-state index in [9.17, 15) is 0 Å². The molecular weight excluding hydrogens is 451 g/mol. The summed E-state index contributed by atoms with van der Waals surface area (Å²) in [6.07, 6.45) is 9.69. The minimum Gasteiger partial charge on any atom is -0.0839 e. The lowest BCUT2D eigenvalue weighted by Gasteiger charge is -2.01. The fourth-order valence-electron chi connectivity index (χ4n) is 3.30. The summed E-state index contributed by atoms with van der Waals surface area (Å²) in [5.74, 6) is 0. The molecule has 4 rings (SSSR count). The predicted octanol–water partition coefficient (Wildman–Crippen LogP) is 8.88. The first-order chi connectivity index (χ1) is 13.8. The Morgan fingerprint density at radius 1 is 0.679 bits per heavy atom. The number of benzene rings is 4.